The maximum atomic E-state index is 12.6. The number of benzene rings is 1. The van der Waals surface area contributed by atoms with Gasteiger partial charge in [0, 0.05) is 25.8 Å². The van der Waals surface area contributed by atoms with Gasteiger partial charge < -0.3 is 19.5 Å². The number of nitrogens with zero attached hydrogens (tertiary/aromatic N) is 1. The average molecular weight is 323 g/mol. The van der Waals surface area contributed by atoms with Crippen LogP contribution in [0.25, 0.3) is 0 Å². The van der Waals surface area contributed by atoms with E-state index in [1.165, 1.54) is 0 Å². The first-order valence-corrected chi connectivity index (χ1v) is 7.67. The second-order valence-corrected chi connectivity index (χ2v) is 5.66. The minimum Gasteiger partial charge on any atom is -0.491 e. The quantitative estimate of drug-likeness (QED) is 0.669. The Labute approximate surface area is 137 Å². The van der Waals surface area contributed by atoms with Crippen LogP contribution in [0.3, 0.4) is 0 Å². The Morgan fingerprint density at radius 1 is 1.26 bits per heavy atom. The van der Waals surface area contributed by atoms with E-state index in [0.29, 0.717) is 31.1 Å². The van der Waals surface area contributed by atoms with Gasteiger partial charge >= 0.3 is 5.97 Å². The van der Waals surface area contributed by atoms with Gasteiger partial charge in [0.25, 0.3) is 5.91 Å². The van der Waals surface area contributed by atoms with Crippen molar-refractivity contribution in [2.45, 2.75) is 20.3 Å². The summed E-state index contributed by atoms with van der Waals surface area (Å²) in [5.41, 5.74) is 0.492. The number of ether oxygens (including phenoxy) is 2. The van der Waals surface area contributed by atoms with E-state index in [0.717, 1.165) is 0 Å². The zero-order chi connectivity index (χ0) is 17.2. The molecule has 0 atom stereocenters. The Bertz CT molecular complexity index is 515. The summed E-state index contributed by atoms with van der Waals surface area (Å²) in [4.78, 5) is 25.0. The van der Waals surface area contributed by atoms with Gasteiger partial charge in [-0.15, -0.1) is 0 Å². The molecule has 1 aromatic rings. The Kier molecular flexibility index (Phi) is 8.11. The monoisotopic (exact) mass is 323 g/mol. The summed E-state index contributed by atoms with van der Waals surface area (Å²) >= 11 is 0. The van der Waals surface area contributed by atoms with E-state index in [-0.39, 0.29) is 24.8 Å². The molecule has 128 valence electrons. The molecule has 23 heavy (non-hydrogen) atoms. The van der Waals surface area contributed by atoms with Crippen LogP contribution < -0.4 is 4.74 Å². The van der Waals surface area contributed by atoms with Crippen LogP contribution in [0.1, 0.15) is 30.6 Å². The van der Waals surface area contributed by atoms with E-state index < -0.39 is 5.97 Å². The molecule has 0 saturated carbocycles. The fourth-order valence-corrected chi connectivity index (χ4v) is 2.09. The van der Waals surface area contributed by atoms with E-state index in [2.05, 4.69) is 0 Å². The summed E-state index contributed by atoms with van der Waals surface area (Å²) in [6.45, 7) is 5.57. The average Bonchev–Trinajstić information content (AvgIpc) is 2.51. The lowest BCUT2D eigenvalue weighted by Gasteiger charge is -2.24. The number of carbonyl (C=O) groups excluding carboxylic acids is 1. The topological polar surface area (TPSA) is 76.1 Å². The summed E-state index contributed by atoms with van der Waals surface area (Å²) < 4.78 is 10.4. The van der Waals surface area contributed by atoms with Crippen molar-refractivity contribution >= 4 is 11.9 Å². The molecule has 6 heteroatoms. The zero-order valence-electron chi connectivity index (χ0n) is 13.9. The van der Waals surface area contributed by atoms with Crippen LogP contribution in [0.4, 0.5) is 0 Å². The first-order chi connectivity index (χ1) is 10.9. The number of hydrogen-bond donors (Lipinski definition) is 1. The van der Waals surface area contributed by atoms with Crippen LogP contribution in [0.15, 0.2) is 24.3 Å². The van der Waals surface area contributed by atoms with Gasteiger partial charge in [-0.2, -0.15) is 0 Å². The molecule has 0 fully saturated rings. The molecule has 1 rings (SSSR count). The second-order valence-electron chi connectivity index (χ2n) is 5.66. The SMILES string of the molecule is COCCOc1cccc(C(=O)N(CCC(=O)O)CC(C)C)c1. The van der Waals surface area contributed by atoms with Crippen LogP contribution >= 0.6 is 0 Å². The largest absolute Gasteiger partial charge is 0.491 e. The standard InChI is InChI=1S/C17H25NO5/c1-13(2)12-18(8-7-16(19)20)17(21)14-5-4-6-15(11-14)23-10-9-22-3/h4-6,11,13H,7-10,12H2,1-3H3,(H,19,20). The third-order valence-corrected chi connectivity index (χ3v) is 3.11. The summed E-state index contributed by atoms with van der Waals surface area (Å²) in [7, 11) is 1.59. The van der Waals surface area contributed by atoms with Crippen LogP contribution in [-0.2, 0) is 9.53 Å². The number of carboxylic acids is 1. The fraction of sp³-hybridized carbons (Fsp3) is 0.529. The molecule has 0 unspecified atom stereocenters. The lowest BCUT2D eigenvalue weighted by atomic mass is 10.1. The van der Waals surface area contributed by atoms with Crippen molar-refractivity contribution < 1.29 is 24.2 Å². The van der Waals surface area contributed by atoms with Crippen LogP contribution in [0.2, 0.25) is 0 Å². The van der Waals surface area contributed by atoms with E-state index in [1.807, 2.05) is 13.8 Å². The molecular formula is C17H25NO5. The smallest absolute Gasteiger partial charge is 0.305 e. The zero-order valence-corrected chi connectivity index (χ0v) is 13.9. The van der Waals surface area contributed by atoms with Gasteiger partial charge in [0.05, 0.1) is 13.0 Å². The number of rotatable bonds is 10. The highest BCUT2D eigenvalue weighted by atomic mass is 16.5. The molecule has 0 aliphatic heterocycles. The Balaban J connectivity index is 2.80. The minimum absolute atomic E-state index is 0.0670. The number of methoxy groups -OCH3 is 1. The molecule has 0 aromatic heterocycles. The molecule has 1 amide bonds. The maximum absolute atomic E-state index is 12.6. The predicted octanol–water partition coefficient (Wildman–Crippen LogP) is 2.28. The van der Waals surface area contributed by atoms with Gasteiger partial charge in [-0.3, -0.25) is 9.59 Å². The van der Waals surface area contributed by atoms with Gasteiger partial charge in [-0.05, 0) is 24.1 Å². The van der Waals surface area contributed by atoms with Gasteiger partial charge in [0.15, 0.2) is 0 Å². The van der Waals surface area contributed by atoms with E-state index in [4.69, 9.17) is 14.6 Å². The molecular weight excluding hydrogens is 298 g/mol. The predicted molar refractivity (Wildman–Crippen MR) is 86.8 cm³/mol. The van der Waals surface area contributed by atoms with Crippen molar-refractivity contribution in [3.8, 4) is 5.75 Å². The lowest BCUT2D eigenvalue weighted by molar-refractivity contribution is -0.137. The molecule has 0 radical (unpaired) electrons. The van der Waals surface area contributed by atoms with E-state index >= 15 is 0 Å². The van der Waals surface area contributed by atoms with Crippen molar-refractivity contribution in [3.63, 3.8) is 0 Å². The molecule has 6 nitrogen and oxygen atoms in total. The Morgan fingerprint density at radius 3 is 2.61 bits per heavy atom. The first kappa shape index (κ1) is 19.0. The number of amides is 1. The number of aliphatic carboxylic acids is 1. The molecule has 0 bridgehead atoms. The van der Waals surface area contributed by atoms with Gasteiger partial charge in [-0.25, -0.2) is 0 Å². The molecule has 0 saturated heterocycles. The lowest BCUT2D eigenvalue weighted by Crippen LogP contribution is -2.36. The summed E-state index contributed by atoms with van der Waals surface area (Å²) in [6, 6.07) is 6.91. The van der Waals surface area contributed by atoms with E-state index in [1.54, 1.807) is 36.3 Å². The summed E-state index contributed by atoms with van der Waals surface area (Å²) in [5, 5.41) is 8.84. The van der Waals surface area contributed by atoms with Gasteiger partial charge in [0.2, 0.25) is 0 Å². The van der Waals surface area contributed by atoms with Crippen LogP contribution in [0.5, 0.6) is 5.75 Å². The third kappa shape index (κ3) is 7.15. The maximum Gasteiger partial charge on any atom is 0.305 e. The van der Waals surface area contributed by atoms with Crippen LogP contribution in [-0.4, -0.2) is 55.3 Å². The van der Waals surface area contributed by atoms with Gasteiger partial charge in [0.1, 0.15) is 12.4 Å². The van der Waals surface area contributed by atoms with Crippen molar-refractivity contribution in [2.24, 2.45) is 5.92 Å². The summed E-state index contributed by atoms with van der Waals surface area (Å²) in [5.74, 6) is -0.246. The Morgan fingerprint density at radius 2 is 2.00 bits per heavy atom. The summed E-state index contributed by atoms with van der Waals surface area (Å²) in [6.07, 6.45) is -0.0670. The third-order valence-electron chi connectivity index (χ3n) is 3.11. The van der Waals surface area contributed by atoms with Crippen molar-refractivity contribution in [1.82, 2.24) is 4.90 Å². The first-order valence-electron chi connectivity index (χ1n) is 7.67. The molecule has 0 heterocycles. The Hall–Kier alpha value is -2.08. The molecule has 1 N–H and O–H groups in total. The number of carboxylic acid groups (broad SMARTS) is 1. The van der Waals surface area contributed by atoms with Crippen molar-refractivity contribution in [1.29, 1.82) is 0 Å². The number of carbonyl (C=O) groups is 2. The molecule has 0 aliphatic rings. The van der Waals surface area contributed by atoms with Crippen LogP contribution in [0, 0.1) is 5.92 Å². The molecule has 0 aliphatic carbocycles. The molecule has 0 spiro atoms. The fourth-order valence-electron chi connectivity index (χ4n) is 2.09. The minimum atomic E-state index is -0.914. The van der Waals surface area contributed by atoms with Crippen molar-refractivity contribution in [2.75, 3.05) is 33.4 Å². The normalized spacial score (nSPS) is 10.6. The number of hydrogen-bond acceptors (Lipinski definition) is 4. The van der Waals surface area contributed by atoms with E-state index in [9.17, 15) is 9.59 Å². The second kappa shape index (κ2) is 9.84. The molecule has 1 aromatic carbocycles. The highest BCUT2D eigenvalue weighted by Crippen LogP contribution is 2.16. The van der Waals surface area contributed by atoms with Gasteiger partial charge in [-0.1, -0.05) is 19.9 Å². The van der Waals surface area contributed by atoms with Crippen molar-refractivity contribution in [3.05, 3.63) is 29.8 Å². The highest BCUT2D eigenvalue weighted by molar-refractivity contribution is 5.94. The highest BCUT2D eigenvalue weighted by Gasteiger charge is 2.18.